The van der Waals surface area contributed by atoms with Gasteiger partial charge in [-0.15, -0.1) is 0 Å². The molecule has 3 atom stereocenters. The van der Waals surface area contributed by atoms with Crippen molar-refractivity contribution in [1.82, 2.24) is 0 Å². The van der Waals surface area contributed by atoms with Gasteiger partial charge in [0.25, 0.3) is 0 Å². The molecule has 1 heterocycles. The number of hydrogen-bond donors (Lipinski definition) is 0. The van der Waals surface area contributed by atoms with Crippen LogP contribution in [-0.2, 0) is 16.1 Å². The molecule has 0 aromatic heterocycles. The molecule has 1 aliphatic carbocycles. The molecule has 0 N–H and O–H groups in total. The minimum atomic E-state index is -0.512. The standard InChI is InChI=1S/C17H20FNO2/c1-15(2)17(11-19)8-14(16(3,10-17)21-15)20-9-12-6-4-5-7-13(12)18/h4-7,14H,8-10H2,1-3H3/t14-,16+,17+/m0/s1. The zero-order chi connectivity index (χ0) is 15.3. The van der Waals surface area contributed by atoms with Crippen molar-refractivity contribution < 1.29 is 13.9 Å². The lowest BCUT2D eigenvalue weighted by atomic mass is 9.74. The molecule has 21 heavy (non-hydrogen) atoms. The second-order valence-corrected chi connectivity index (χ2v) is 6.89. The fourth-order valence-corrected chi connectivity index (χ4v) is 3.82. The van der Waals surface area contributed by atoms with Crippen LogP contribution >= 0.6 is 0 Å². The Morgan fingerprint density at radius 2 is 2.10 bits per heavy atom. The molecule has 2 aliphatic rings. The Hall–Kier alpha value is -1.44. The number of rotatable bonds is 3. The number of benzene rings is 1. The third-order valence-electron chi connectivity index (χ3n) is 5.12. The number of halogens is 1. The summed E-state index contributed by atoms with van der Waals surface area (Å²) in [5.41, 5.74) is -0.908. The lowest BCUT2D eigenvalue weighted by molar-refractivity contribution is -0.194. The normalized spacial score (nSPS) is 36.6. The number of nitrogens with zero attached hydrogens (tertiary/aromatic N) is 1. The third kappa shape index (κ3) is 2.07. The number of ether oxygens (including phenoxy) is 2. The van der Waals surface area contributed by atoms with E-state index in [1.165, 1.54) is 6.07 Å². The van der Waals surface area contributed by atoms with Crippen molar-refractivity contribution in [3.05, 3.63) is 35.6 Å². The van der Waals surface area contributed by atoms with E-state index >= 15 is 0 Å². The molecule has 0 spiro atoms. The van der Waals surface area contributed by atoms with E-state index in [0.717, 1.165) is 0 Å². The van der Waals surface area contributed by atoms with E-state index in [1.54, 1.807) is 18.2 Å². The van der Waals surface area contributed by atoms with Crippen LogP contribution in [0, 0.1) is 22.6 Å². The molecular formula is C17H20FNO2. The molecule has 112 valence electrons. The monoisotopic (exact) mass is 289 g/mol. The van der Waals surface area contributed by atoms with Gasteiger partial charge < -0.3 is 9.47 Å². The molecule has 0 unspecified atom stereocenters. The quantitative estimate of drug-likeness (QED) is 0.854. The maximum absolute atomic E-state index is 13.6. The fourth-order valence-electron chi connectivity index (χ4n) is 3.82. The first-order chi connectivity index (χ1) is 9.82. The number of fused-ring (bicyclic) bond motifs is 2. The van der Waals surface area contributed by atoms with Crippen molar-refractivity contribution in [2.24, 2.45) is 5.41 Å². The first-order valence-corrected chi connectivity index (χ1v) is 7.28. The first kappa shape index (κ1) is 14.5. The molecule has 2 fully saturated rings. The van der Waals surface area contributed by atoms with Gasteiger partial charge >= 0.3 is 0 Å². The van der Waals surface area contributed by atoms with Crippen LogP contribution in [0.4, 0.5) is 4.39 Å². The van der Waals surface area contributed by atoms with Gasteiger partial charge in [-0.05, 0) is 33.3 Å². The summed E-state index contributed by atoms with van der Waals surface area (Å²) in [7, 11) is 0. The van der Waals surface area contributed by atoms with Gasteiger partial charge in [0, 0.05) is 12.0 Å². The Labute approximate surface area is 124 Å². The molecule has 1 saturated carbocycles. The first-order valence-electron chi connectivity index (χ1n) is 7.28. The summed E-state index contributed by atoms with van der Waals surface area (Å²) in [6.07, 6.45) is 1.14. The van der Waals surface area contributed by atoms with Crippen molar-refractivity contribution in [3.63, 3.8) is 0 Å². The van der Waals surface area contributed by atoms with Crippen molar-refractivity contribution in [2.45, 2.75) is 57.5 Å². The minimum absolute atomic E-state index is 0.176. The highest BCUT2D eigenvalue weighted by molar-refractivity contribution is 5.25. The lowest BCUT2D eigenvalue weighted by Crippen LogP contribution is -2.49. The highest BCUT2D eigenvalue weighted by atomic mass is 19.1. The van der Waals surface area contributed by atoms with Crippen molar-refractivity contribution in [3.8, 4) is 6.07 Å². The minimum Gasteiger partial charge on any atom is -0.370 e. The van der Waals surface area contributed by atoms with Gasteiger partial charge in [0.15, 0.2) is 0 Å². The van der Waals surface area contributed by atoms with E-state index in [1.807, 2.05) is 20.8 Å². The predicted molar refractivity (Wildman–Crippen MR) is 75.8 cm³/mol. The van der Waals surface area contributed by atoms with Gasteiger partial charge in [-0.2, -0.15) is 5.26 Å². The van der Waals surface area contributed by atoms with E-state index in [4.69, 9.17) is 9.47 Å². The largest absolute Gasteiger partial charge is 0.370 e. The van der Waals surface area contributed by atoms with E-state index in [0.29, 0.717) is 18.4 Å². The van der Waals surface area contributed by atoms with Crippen LogP contribution < -0.4 is 0 Å². The van der Waals surface area contributed by atoms with E-state index < -0.39 is 16.6 Å². The molecule has 3 nitrogen and oxygen atoms in total. The zero-order valence-electron chi connectivity index (χ0n) is 12.6. The summed E-state index contributed by atoms with van der Waals surface area (Å²) in [5, 5.41) is 9.59. The van der Waals surface area contributed by atoms with Gasteiger partial charge in [0.2, 0.25) is 0 Å². The fraction of sp³-hybridized carbons (Fsp3) is 0.588. The molecule has 1 saturated heterocycles. The molecule has 1 aromatic carbocycles. The zero-order valence-corrected chi connectivity index (χ0v) is 12.6. The molecule has 1 aliphatic heterocycles. The summed E-state index contributed by atoms with van der Waals surface area (Å²) in [6, 6.07) is 9.04. The van der Waals surface area contributed by atoms with Gasteiger partial charge in [0.05, 0.1) is 35.4 Å². The topological polar surface area (TPSA) is 42.2 Å². The smallest absolute Gasteiger partial charge is 0.128 e. The average molecular weight is 289 g/mol. The lowest BCUT2D eigenvalue weighted by Gasteiger charge is -2.42. The van der Waals surface area contributed by atoms with Crippen molar-refractivity contribution >= 4 is 0 Å². The Morgan fingerprint density at radius 3 is 2.71 bits per heavy atom. The highest BCUT2D eigenvalue weighted by Crippen LogP contribution is 2.62. The Balaban J connectivity index is 1.75. The van der Waals surface area contributed by atoms with Crippen molar-refractivity contribution in [2.75, 3.05) is 0 Å². The van der Waals surface area contributed by atoms with Gasteiger partial charge in [-0.1, -0.05) is 18.2 Å². The van der Waals surface area contributed by atoms with Crippen molar-refractivity contribution in [1.29, 1.82) is 5.26 Å². The summed E-state index contributed by atoms with van der Waals surface area (Å²) in [5.74, 6) is -0.262. The van der Waals surface area contributed by atoms with Crippen LogP contribution in [0.3, 0.4) is 0 Å². The van der Waals surface area contributed by atoms with E-state index in [2.05, 4.69) is 6.07 Å². The van der Waals surface area contributed by atoms with Gasteiger partial charge in [-0.3, -0.25) is 0 Å². The van der Waals surface area contributed by atoms with E-state index in [9.17, 15) is 9.65 Å². The molecule has 1 aromatic rings. The van der Waals surface area contributed by atoms with Crippen LogP contribution in [0.5, 0.6) is 0 Å². The summed E-state index contributed by atoms with van der Waals surface area (Å²) in [4.78, 5) is 0. The van der Waals surface area contributed by atoms with E-state index in [-0.39, 0.29) is 18.5 Å². The maximum atomic E-state index is 13.6. The molecule has 0 amide bonds. The van der Waals surface area contributed by atoms with Gasteiger partial charge in [-0.25, -0.2) is 4.39 Å². The summed E-state index contributed by atoms with van der Waals surface area (Å²) < 4.78 is 25.7. The highest BCUT2D eigenvalue weighted by Gasteiger charge is 2.68. The Bertz CT molecular complexity index is 609. The van der Waals surface area contributed by atoms with Crippen LogP contribution in [0.25, 0.3) is 0 Å². The number of hydrogen-bond acceptors (Lipinski definition) is 3. The Kier molecular flexibility index (Phi) is 3.12. The predicted octanol–water partition coefficient (Wildman–Crippen LogP) is 3.58. The third-order valence-corrected chi connectivity index (χ3v) is 5.12. The average Bonchev–Trinajstić information content (AvgIpc) is 2.81. The Morgan fingerprint density at radius 1 is 1.38 bits per heavy atom. The SMILES string of the molecule is CC1(C)O[C@]2(C)C[C@@]1(C#N)C[C@@H]2OCc1ccccc1F. The van der Waals surface area contributed by atoms with Crippen LogP contribution in [0.1, 0.15) is 39.2 Å². The number of nitriles is 1. The summed E-state index contributed by atoms with van der Waals surface area (Å²) in [6.45, 7) is 6.13. The second-order valence-electron chi connectivity index (χ2n) is 6.89. The van der Waals surface area contributed by atoms with Crippen LogP contribution in [-0.4, -0.2) is 17.3 Å². The van der Waals surface area contributed by atoms with Crippen LogP contribution in [0.15, 0.2) is 24.3 Å². The molecule has 2 bridgehead atoms. The maximum Gasteiger partial charge on any atom is 0.128 e. The second kappa shape index (κ2) is 4.53. The molecular weight excluding hydrogens is 269 g/mol. The molecule has 0 radical (unpaired) electrons. The van der Waals surface area contributed by atoms with Gasteiger partial charge in [0.1, 0.15) is 5.82 Å². The molecule has 4 heteroatoms. The molecule has 3 rings (SSSR count). The van der Waals surface area contributed by atoms with Crippen LogP contribution in [0.2, 0.25) is 0 Å². The summed E-state index contributed by atoms with van der Waals surface area (Å²) >= 11 is 0.